The van der Waals surface area contributed by atoms with Gasteiger partial charge in [0, 0.05) is 12.5 Å². The van der Waals surface area contributed by atoms with E-state index >= 15 is 0 Å². The van der Waals surface area contributed by atoms with Crippen LogP contribution in [0.3, 0.4) is 0 Å². The number of sulfonamides is 1. The van der Waals surface area contributed by atoms with Crippen LogP contribution in [0.15, 0.2) is 0 Å². The first-order valence-corrected chi connectivity index (χ1v) is 7.45. The van der Waals surface area contributed by atoms with E-state index in [-0.39, 0.29) is 36.0 Å². The molecule has 0 aliphatic heterocycles. The molecule has 0 aliphatic carbocycles. The second-order valence-electron chi connectivity index (χ2n) is 3.91. The van der Waals surface area contributed by atoms with Gasteiger partial charge in [0.05, 0.1) is 6.26 Å². The van der Waals surface area contributed by atoms with Crippen molar-refractivity contribution >= 4 is 16.0 Å². The summed E-state index contributed by atoms with van der Waals surface area (Å²) in [4.78, 5) is 10.1. The molecule has 0 rings (SSSR count). The van der Waals surface area contributed by atoms with Crippen LogP contribution in [0.4, 0.5) is 0 Å². The van der Waals surface area contributed by atoms with E-state index in [1.807, 2.05) is 0 Å². The van der Waals surface area contributed by atoms with Gasteiger partial charge in [0.15, 0.2) is 0 Å². The first kappa shape index (κ1) is 19.7. The van der Waals surface area contributed by atoms with Crippen LogP contribution in [0.1, 0.15) is 44.9 Å². The fourth-order valence-corrected chi connectivity index (χ4v) is 1.87. The SMILES string of the molecule is CS(=O)(=O)NCCCCCCCCC(=O)[O-].[Na+]. The Bertz CT molecular complexity index is 293. The summed E-state index contributed by atoms with van der Waals surface area (Å²) in [7, 11) is -3.06. The van der Waals surface area contributed by atoms with Crippen molar-refractivity contribution in [2.75, 3.05) is 12.8 Å². The van der Waals surface area contributed by atoms with E-state index in [1.54, 1.807) is 0 Å². The second-order valence-corrected chi connectivity index (χ2v) is 5.74. The van der Waals surface area contributed by atoms with E-state index in [0.717, 1.165) is 38.4 Å². The molecule has 0 aromatic heterocycles. The molecule has 0 radical (unpaired) electrons. The molecule has 0 aliphatic rings. The molecule has 5 nitrogen and oxygen atoms in total. The van der Waals surface area contributed by atoms with Crippen molar-refractivity contribution in [2.45, 2.75) is 44.9 Å². The predicted molar refractivity (Wildman–Crippen MR) is 60.2 cm³/mol. The minimum atomic E-state index is -3.06. The molecule has 7 heteroatoms. The standard InChI is InChI=1S/C10H21NO4S.Na/c1-16(14,15)11-9-7-5-3-2-4-6-8-10(12)13;/h11H,2-9H2,1H3,(H,12,13);/q;+1/p-1. The molecule has 0 spiro atoms. The average molecular weight is 273 g/mol. The van der Waals surface area contributed by atoms with Crippen LogP contribution in [-0.2, 0) is 14.8 Å². The molecule has 17 heavy (non-hydrogen) atoms. The monoisotopic (exact) mass is 273 g/mol. The molecule has 96 valence electrons. The smallest absolute Gasteiger partial charge is 0.550 e. The van der Waals surface area contributed by atoms with Crippen molar-refractivity contribution in [2.24, 2.45) is 0 Å². The van der Waals surface area contributed by atoms with Gasteiger partial charge in [0.25, 0.3) is 0 Å². The number of unbranched alkanes of at least 4 members (excludes halogenated alkanes) is 5. The fraction of sp³-hybridized carbons (Fsp3) is 0.900. The molecule has 0 aromatic carbocycles. The molecule has 1 N–H and O–H groups in total. The Morgan fingerprint density at radius 3 is 2.00 bits per heavy atom. The van der Waals surface area contributed by atoms with Crippen molar-refractivity contribution in [1.82, 2.24) is 4.72 Å². The number of aliphatic carboxylic acids is 1. The van der Waals surface area contributed by atoms with Gasteiger partial charge in [-0.1, -0.05) is 25.7 Å². The average Bonchev–Trinajstić information content (AvgIpc) is 2.13. The normalized spacial score (nSPS) is 10.9. The minimum absolute atomic E-state index is 0. The molecule has 0 unspecified atom stereocenters. The van der Waals surface area contributed by atoms with E-state index in [0.29, 0.717) is 13.0 Å². The third kappa shape index (κ3) is 18.9. The van der Waals surface area contributed by atoms with Gasteiger partial charge < -0.3 is 9.90 Å². The quantitative estimate of drug-likeness (QED) is 0.340. The third-order valence-corrected chi connectivity index (χ3v) is 2.90. The Morgan fingerprint density at radius 2 is 1.53 bits per heavy atom. The largest absolute Gasteiger partial charge is 1.00 e. The number of nitrogens with one attached hydrogen (secondary N) is 1. The van der Waals surface area contributed by atoms with Crippen LogP contribution in [0.2, 0.25) is 0 Å². The van der Waals surface area contributed by atoms with E-state index in [1.165, 1.54) is 0 Å². The summed E-state index contributed by atoms with van der Waals surface area (Å²) < 4.78 is 23.8. The molecule has 0 bridgehead atoms. The first-order chi connectivity index (χ1) is 7.42. The number of hydrogen-bond acceptors (Lipinski definition) is 4. The van der Waals surface area contributed by atoms with Gasteiger partial charge in [-0.3, -0.25) is 0 Å². The summed E-state index contributed by atoms with van der Waals surface area (Å²) in [6.07, 6.45) is 6.64. The molecule has 0 saturated carbocycles. The first-order valence-electron chi connectivity index (χ1n) is 5.56. The zero-order chi connectivity index (χ0) is 12.4. The van der Waals surface area contributed by atoms with Crippen molar-refractivity contribution in [3.8, 4) is 0 Å². The summed E-state index contributed by atoms with van der Waals surface area (Å²) in [6, 6.07) is 0. The maximum atomic E-state index is 10.7. The second kappa shape index (κ2) is 11.5. The van der Waals surface area contributed by atoms with Gasteiger partial charge in [-0.15, -0.1) is 0 Å². The maximum Gasteiger partial charge on any atom is 1.00 e. The molecular weight excluding hydrogens is 253 g/mol. The molecule has 0 aromatic rings. The molecule has 0 fully saturated rings. The Hall–Kier alpha value is 0.380. The van der Waals surface area contributed by atoms with E-state index in [2.05, 4.69) is 4.72 Å². The number of hydrogen-bond donors (Lipinski definition) is 1. The van der Waals surface area contributed by atoms with Gasteiger partial charge in [0.2, 0.25) is 10.0 Å². The maximum absolute atomic E-state index is 10.7. The Balaban J connectivity index is 0. The minimum Gasteiger partial charge on any atom is -0.550 e. The van der Waals surface area contributed by atoms with Crippen molar-refractivity contribution < 1.29 is 47.9 Å². The van der Waals surface area contributed by atoms with E-state index < -0.39 is 16.0 Å². The summed E-state index contributed by atoms with van der Waals surface area (Å²) in [5, 5.41) is 10.1. The van der Waals surface area contributed by atoms with Gasteiger partial charge in [-0.05, 0) is 19.3 Å². The molecule has 0 amide bonds. The molecule has 0 saturated heterocycles. The number of carbonyl (C=O) groups is 1. The van der Waals surface area contributed by atoms with Crippen molar-refractivity contribution in [1.29, 1.82) is 0 Å². The zero-order valence-corrected chi connectivity index (χ0v) is 13.5. The predicted octanol–water partition coefficient (Wildman–Crippen LogP) is -2.98. The Kier molecular flexibility index (Phi) is 13.3. The Labute approximate surface area is 126 Å². The summed E-state index contributed by atoms with van der Waals surface area (Å²) in [5.74, 6) is -0.989. The van der Waals surface area contributed by atoms with Crippen LogP contribution < -0.4 is 39.4 Å². The van der Waals surface area contributed by atoms with Crippen molar-refractivity contribution in [3.05, 3.63) is 0 Å². The summed E-state index contributed by atoms with van der Waals surface area (Å²) >= 11 is 0. The number of carbonyl (C=O) groups excluding carboxylic acids is 1. The summed E-state index contributed by atoms with van der Waals surface area (Å²) in [6.45, 7) is 0.484. The fourth-order valence-electron chi connectivity index (χ4n) is 1.36. The van der Waals surface area contributed by atoms with Crippen LogP contribution in [0.5, 0.6) is 0 Å². The molecule has 0 atom stereocenters. The van der Waals surface area contributed by atoms with Crippen molar-refractivity contribution in [3.63, 3.8) is 0 Å². The van der Waals surface area contributed by atoms with Crippen LogP contribution >= 0.6 is 0 Å². The Morgan fingerprint density at radius 1 is 1.06 bits per heavy atom. The van der Waals surface area contributed by atoms with Gasteiger partial charge in [-0.2, -0.15) is 0 Å². The van der Waals surface area contributed by atoms with Gasteiger partial charge >= 0.3 is 29.6 Å². The van der Waals surface area contributed by atoms with E-state index in [4.69, 9.17) is 0 Å². The number of rotatable bonds is 10. The van der Waals surface area contributed by atoms with Gasteiger partial charge in [-0.25, -0.2) is 13.1 Å². The van der Waals surface area contributed by atoms with Crippen LogP contribution in [-0.4, -0.2) is 27.2 Å². The number of carboxylic acid groups (broad SMARTS) is 1. The third-order valence-electron chi connectivity index (χ3n) is 2.17. The molecule has 0 heterocycles. The molecular formula is C10H20NNaO4S. The summed E-state index contributed by atoms with van der Waals surface area (Å²) in [5.41, 5.74) is 0. The van der Waals surface area contributed by atoms with E-state index in [9.17, 15) is 18.3 Å². The zero-order valence-electron chi connectivity index (χ0n) is 10.7. The van der Waals surface area contributed by atoms with Crippen LogP contribution in [0.25, 0.3) is 0 Å². The topological polar surface area (TPSA) is 86.3 Å². The van der Waals surface area contributed by atoms with Crippen LogP contribution in [0, 0.1) is 0 Å². The van der Waals surface area contributed by atoms with Gasteiger partial charge in [0.1, 0.15) is 0 Å². The number of carboxylic acids is 1.